The molecule has 0 spiro atoms. The van der Waals surface area contributed by atoms with E-state index < -0.39 is 11.4 Å². The molecule has 1 aliphatic heterocycles. The van der Waals surface area contributed by atoms with E-state index in [2.05, 4.69) is 5.32 Å². The maximum absolute atomic E-state index is 13.5. The predicted octanol–water partition coefficient (Wildman–Crippen LogP) is 2.50. The van der Waals surface area contributed by atoms with Crippen molar-refractivity contribution in [1.29, 1.82) is 0 Å². The van der Waals surface area contributed by atoms with Gasteiger partial charge < -0.3 is 10.2 Å². The van der Waals surface area contributed by atoms with Crippen LogP contribution in [0, 0.1) is 5.82 Å². The van der Waals surface area contributed by atoms with Crippen LogP contribution < -0.4 is 5.32 Å². The van der Waals surface area contributed by atoms with Gasteiger partial charge in [-0.2, -0.15) is 0 Å². The van der Waals surface area contributed by atoms with E-state index >= 15 is 0 Å². The molecule has 0 saturated carbocycles. The molecule has 114 valence electrons. The van der Waals surface area contributed by atoms with E-state index in [1.165, 1.54) is 12.1 Å². The SMILES string of the molecule is CCC1(C)NC(=O)CCN(Cc2ccc(Cl)c(F)c2)C1=O. The molecule has 2 rings (SSSR count). The highest BCUT2D eigenvalue weighted by molar-refractivity contribution is 6.30. The number of nitrogens with zero attached hydrogens (tertiary/aromatic N) is 1. The van der Waals surface area contributed by atoms with Crippen LogP contribution >= 0.6 is 11.6 Å². The molecule has 4 nitrogen and oxygen atoms in total. The fourth-order valence-corrected chi connectivity index (χ4v) is 2.48. The van der Waals surface area contributed by atoms with Gasteiger partial charge in [-0.05, 0) is 31.0 Å². The van der Waals surface area contributed by atoms with Crippen molar-refractivity contribution in [3.8, 4) is 0 Å². The summed E-state index contributed by atoms with van der Waals surface area (Å²) in [5.41, 5.74) is -0.253. The highest BCUT2D eigenvalue weighted by Crippen LogP contribution is 2.21. The Balaban J connectivity index is 2.23. The van der Waals surface area contributed by atoms with Gasteiger partial charge in [-0.1, -0.05) is 24.6 Å². The average Bonchev–Trinajstić information content (AvgIpc) is 2.55. The largest absolute Gasteiger partial charge is 0.342 e. The minimum absolute atomic E-state index is 0.0520. The molecule has 2 amide bonds. The third kappa shape index (κ3) is 3.35. The quantitative estimate of drug-likeness (QED) is 0.932. The number of hydrogen-bond acceptors (Lipinski definition) is 2. The molecule has 21 heavy (non-hydrogen) atoms. The Hall–Kier alpha value is -1.62. The second-order valence-electron chi connectivity index (χ2n) is 5.46. The van der Waals surface area contributed by atoms with Crippen LogP contribution in [0.25, 0.3) is 0 Å². The van der Waals surface area contributed by atoms with Crippen LogP contribution in [0.5, 0.6) is 0 Å². The fourth-order valence-electron chi connectivity index (χ4n) is 2.36. The van der Waals surface area contributed by atoms with Crippen LogP contribution in [0.3, 0.4) is 0 Å². The van der Waals surface area contributed by atoms with Crippen molar-refractivity contribution in [2.75, 3.05) is 6.54 Å². The van der Waals surface area contributed by atoms with E-state index in [-0.39, 0.29) is 29.8 Å². The van der Waals surface area contributed by atoms with E-state index in [9.17, 15) is 14.0 Å². The number of amides is 2. The van der Waals surface area contributed by atoms with Crippen molar-refractivity contribution < 1.29 is 14.0 Å². The Morgan fingerprint density at radius 1 is 1.43 bits per heavy atom. The van der Waals surface area contributed by atoms with Crippen LogP contribution in [0.4, 0.5) is 4.39 Å². The molecule has 0 radical (unpaired) electrons. The molecule has 1 aliphatic rings. The third-order valence-corrected chi connectivity index (χ3v) is 4.15. The summed E-state index contributed by atoms with van der Waals surface area (Å²) < 4.78 is 13.5. The maximum atomic E-state index is 13.5. The second-order valence-corrected chi connectivity index (χ2v) is 5.87. The van der Waals surface area contributed by atoms with E-state index in [1.807, 2.05) is 6.92 Å². The first-order valence-electron chi connectivity index (χ1n) is 6.90. The van der Waals surface area contributed by atoms with Gasteiger partial charge in [0.25, 0.3) is 0 Å². The van der Waals surface area contributed by atoms with Gasteiger partial charge in [0.2, 0.25) is 11.8 Å². The molecule has 1 aromatic carbocycles. The van der Waals surface area contributed by atoms with Crippen LogP contribution in [0.15, 0.2) is 18.2 Å². The molecule has 0 aliphatic carbocycles. The van der Waals surface area contributed by atoms with Crippen molar-refractivity contribution in [1.82, 2.24) is 10.2 Å². The lowest BCUT2D eigenvalue weighted by atomic mass is 9.97. The van der Waals surface area contributed by atoms with Gasteiger partial charge in [0, 0.05) is 19.5 Å². The Labute approximate surface area is 128 Å². The minimum atomic E-state index is -0.904. The lowest BCUT2D eigenvalue weighted by Crippen LogP contribution is -2.54. The topological polar surface area (TPSA) is 49.4 Å². The van der Waals surface area contributed by atoms with E-state index in [1.54, 1.807) is 17.9 Å². The Morgan fingerprint density at radius 2 is 2.14 bits per heavy atom. The van der Waals surface area contributed by atoms with Crippen LogP contribution in [0.2, 0.25) is 5.02 Å². The summed E-state index contributed by atoms with van der Waals surface area (Å²) in [6.45, 7) is 4.15. The normalized spacial score (nSPS) is 23.0. The van der Waals surface area contributed by atoms with Crippen molar-refractivity contribution in [3.63, 3.8) is 0 Å². The number of halogens is 2. The lowest BCUT2D eigenvalue weighted by Gasteiger charge is -2.31. The lowest BCUT2D eigenvalue weighted by molar-refractivity contribution is -0.138. The molecule has 1 N–H and O–H groups in total. The highest BCUT2D eigenvalue weighted by Gasteiger charge is 2.38. The Bertz CT molecular complexity index is 579. The molecule has 0 bridgehead atoms. The second kappa shape index (κ2) is 6.02. The van der Waals surface area contributed by atoms with Crippen LogP contribution in [-0.4, -0.2) is 28.8 Å². The van der Waals surface area contributed by atoms with Gasteiger partial charge in [-0.25, -0.2) is 4.39 Å². The summed E-state index contributed by atoms with van der Waals surface area (Å²) in [5, 5.41) is 2.82. The zero-order valence-electron chi connectivity index (χ0n) is 12.1. The summed E-state index contributed by atoms with van der Waals surface area (Å²) in [6, 6.07) is 4.47. The van der Waals surface area contributed by atoms with E-state index in [4.69, 9.17) is 11.6 Å². The number of nitrogens with one attached hydrogen (secondary N) is 1. The average molecular weight is 313 g/mol. The molecule has 1 aromatic rings. The molecular weight excluding hydrogens is 295 g/mol. The summed E-state index contributed by atoms with van der Waals surface area (Å²) in [5.74, 6) is -0.799. The summed E-state index contributed by atoms with van der Waals surface area (Å²) in [4.78, 5) is 25.9. The molecule has 0 aromatic heterocycles. The van der Waals surface area contributed by atoms with Gasteiger partial charge in [0.15, 0.2) is 0 Å². The third-order valence-electron chi connectivity index (χ3n) is 3.85. The van der Waals surface area contributed by atoms with Crippen molar-refractivity contribution in [3.05, 3.63) is 34.6 Å². The molecule has 1 fully saturated rings. The molecular formula is C15H18ClFN2O2. The predicted molar refractivity (Wildman–Crippen MR) is 78.3 cm³/mol. The van der Waals surface area contributed by atoms with Gasteiger partial charge in [0.05, 0.1) is 5.02 Å². The molecule has 1 heterocycles. The van der Waals surface area contributed by atoms with Crippen molar-refractivity contribution >= 4 is 23.4 Å². The summed E-state index contributed by atoms with van der Waals surface area (Å²) >= 11 is 5.65. The Morgan fingerprint density at radius 3 is 2.76 bits per heavy atom. The van der Waals surface area contributed by atoms with Crippen LogP contribution in [0.1, 0.15) is 32.3 Å². The number of hydrogen-bond donors (Lipinski definition) is 1. The molecule has 1 atom stereocenters. The van der Waals surface area contributed by atoms with Gasteiger partial charge in [0.1, 0.15) is 11.4 Å². The van der Waals surface area contributed by atoms with E-state index in [0.717, 1.165) is 0 Å². The zero-order chi connectivity index (χ0) is 15.6. The first-order chi connectivity index (χ1) is 9.85. The first kappa shape index (κ1) is 15.8. The van der Waals surface area contributed by atoms with Gasteiger partial charge in [-0.3, -0.25) is 9.59 Å². The number of rotatable bonds is 3. The summed E-state index contributed by atoms with van der Waals surface area (Å²) in [7, 11) is 0. The minimum Gasteiger partial charge on any atom is -0.342 e. The molecule has 1 saturated heterocycles. The maximum Gasteiger partial charge on any atom is 0.248 e. The fraction of sp³-hybridized carbons (Fsp3) is 0.467. The smallest absolute Gasteiger partial charge is 0.248 e. The standard InChI is InChI=1S/C15H18ClFN2O2/c1-3-15(2)14(21)19(7-6-13(20)18-15)9-10-4-5-11(16)12(17)8-10/h4-5,8H,3,6-7,9H2,1-2H3,(H,18,20). The number of carbonyl (C=O) groups is 2. The number of benzene rings is 1. The highest BCUT2D eigenvalue weighted by atomic mass is 35.5. The Kier molecular flexibility index (Phi) is 4.52. The monoisotopic (exact) mass is 312 g/mol. The van der Waals surface area contributed by atoms with Crippen molar-refractivity contribution in [2.45, 2.75) is 38.8 Å². The summed E-state index contributed by atoms with van der Waals surface area (Å²) in [6.07, 6.45) is 0.750. The molecule has 1 unspecified atom stereocenters. The molecule has 6 heteroatoms. The van der Waals surface area contributed by atoms with Crippen LogP contribution in [-0.2, 0) is 16.1 Å². The zero-order valence-corrected chi connectivity index (χ0v) is 12.8. The first-order valence-corrected chi connectivity index (χ1v) is 7.28. The van der Waals surface area contributed by atoms with Crippen molar-refractivity contribution in [2.24, 2.45) is 0 Å². The van der Waals surface area contributed by atoms with Gasteiger partial charge >= 0.3 is 0 Å². The van der Waals surface area contributed by atoms with E-state index in [0.29, 0.717) is 18.5 Å². The number of carbonyl (C=O) groups excluding carboxylic acids is 2. The van der Waals surface area contributed by atoms with Gasteiger partial charge in [-0.15, -0.1) is 0 Å².